The molecule has 0 aromatic rings. The third kappa shape index (κ3) is 61.3. The molecule has 0 fully saturated rings. The minimum absolute atomic E-state index is 0.0839. The largest absolute Gasteiger partial charge is 0.462 e. The molecule has 0 N–H and O–H groups in total. The van der Waals surface area contributed by atoms with Gasteiger partial charge in [-0.3, -0.25) is 14.4 Å². The van der Waals surface area contributed by atoms with Crippen LogP contribution in [0.2, 0.25) is 0 Å². The molecule has 432 valence electrons. The molecule has 1 atom stereocenters. The molecular weight excluding hydrogens is 925 g/mol. The van der Waals surface area contributed by atoms with Crippen molar-refractivity contribution < 1.29 is 28.6 Å². The highest BCUT2D eigenvalue weighted by Gasteiger charge is 2.19. The van der Waals surface area contributed by atoms with Gasteiger partial charge in [-0.05, 0) is 122 Å². The Kier molecular flexibility index (Phi) is 60.3. The van der Waals surface area contributed by atoms with E-state index < -0.39 is 6.10 Å². The summed E-state index contributed by atoms with van der Waals surface area (Å²) in [6.07, 6.45) is 82.8. The Morgan fingerprint density at radius 2 is 0.480 bits per heavy atom. The number of unbranched alkanes of at least 4 members (excludes halogenated alkanes) is 33. The first-order valence-electron chi connectivity index (χ1n) is 32.1. The third-order valence-electron chi connectivity index (χ3n) is 13.8. The normalized spacial score (nSPS) is 12.6. The van der Waals surface area contributed by atoms with Gasteiger partial charge in [0.05, 0.1) is 0 Å². The van der Waals surface area contributed by atoms with E-state index in [0.29, 0.717) is 19.3 Å². The van der Waals surface area contributed by atoms with Gasteiger partial charge in [-0.25, -0.2) is 0 Å². The fourth-order valence-electron chi connectivity index (χ4n) is 8.98. The van der Waals surface area contributed by atoms with Gasteiger partial charge in [-0.2, -0.15) is 0 Å². The van der Waals surface area contributed by atoms with Crippen LogP contribution in [0.3, 0.4) is 0 Å². The van der Waals surface area contributed by atoms with E-state index in [9.17, 15) is 14.4 Å². The number of esters is 3. The summed E-state index contributed by atoms with van der Waals surface area (Å²) >= 11 is 0. The number of carbonyl (C=O) groups excluding carboxylic acids is 3. The van der Waals surface area contributed by atoms with Crippen LogP contribution in [-0.4, -0.2) is 37.2 Å². The maximum absolute atomic E-state index is 12.9. The van der Waals surface area contributed by atoms with Crippen molar-refractivity contribution in [1.29, 1.82) is 0 Å². The average molecular weight is 1050 g/mol. The average Bonchev–Trinajstić information content (AvgIpc) is 3.41. The molecule has 6 heteroatoms. The molecule has 0 rings (SSSR count). The van der Waals surface area contributed by atoms with Gasteiger partial charge in [0, 0.05) is 19.3 Å². The summed E-state index contributed by atoms with van der Waals surface area (Å²) in [4.78, 5) is 38.4. The highest BCUT2D eigenvalue weighted by molar-refractivity contribution is 5.71. The zero-order chi connectivity index (χ0) is 54.3. The minimum Gasteiger partial charge on any atom is -0.462 e. The van der Waals surface area contributed by atoms with Gasteiger partial charge in [0.2, 0.25) is 0 Å². The number of carbonyl (C=O) groups is 3. The smallest absolute Gasteiger partial charge is 0.306 e. The molecule has 0 aliphatic heterocycles. The highest BCUT2D eigenvalue weighted by Crippen LogP contribution is 2.16. The first kappa shape index (κ1) is 71.6. The predicted molar refractivity (Wildman–Crippen MR) is 325 cm³/mol. The molecule has 0 amide bonds. The molecule has 0 aromatic carbocycles. The van der Waals surface area contributed by atoms with Gasteiger partial charge in [0.1, 0.15) is 13.2 Å². The van der Waals surface area contributed by atoms with Gasteiger partial charge < -0.3 is 14.2 Å². The van der Waals surface area contributed by atoms with Gasteiger partial charge in [0.25, 0.3) is 0 Å². The number of rotatable bonds is 58. The quantitative estimate of drug-likeness (QED) is 0.0261. The van der Waals surface area contributed by atoms with Crippen molar-refractivity contribution in [1.82, 2.24) is 0 Å². The summed E-state index contributed by atoms with van der Waals surface area (Å²) in [5, 5.41) is 0. The Labute approximate surface area is 465 Å². The molecule has 1 unspecified atom stereocenters. The Morgan fingerprint density at radius 1 is 0.267 bits per heavy atom. The molecule has 0 saturated carbocycles. The number of hydrogen-bond acceptors (Lipinski definition) is 6. The molecule has 0 aliphatic carbocycles. The molecule has 75 heavy (non-hydrogen) atoms. The predicted octanol–water partition coefficient (Wildman–Crippen LogP) is 21.9. The van der Waals surface area contributed by atoms with E-state index in [2.05, 4.69) is 106 Å². The van der Waals surface area contributed by atoms with Crippen LogP contribution >= 0.6 is 0 Å². The van der Waals surface area contributed by atoms with Gasteiger partial charge in [0.15, 0.2) is 6.10 Å². The van der Waals surface area contributed by atoms with Crippen molar-refractivity contribution in [3.63, 3.8) is 0 Å². The fraction of sp³-hybridized carbons (Fsp3) is 0.754. The molecule has 0 aliphatic rings. The summed E-state index contributed by atoms with van der Waals surface area (Å²) in [5.41, 5.74) is 0. The van der Waals surface area contributed by atoms with E-state index in [1.165, 1.54) is 186 Å². The standard InChI is InChI=1S/C69H120O6/c1-4-7-10-13-16-19-22-25-28-31-34-37-40-43-46-49-52-55-58-61-67(70)73-64-66(75-69(72)63-60-57-54-51-48-45-42-39-36-33-30-27-24-21-18-15-12-9-6-3)65-74-68(71)62-59-56-53-50-47-44-41-38-35-32-29-26-23-20-17-14-11-8-5-2/h16-21,25-30,34,37,66H,4-15,22-24,31-33,35-36,38-65H2,1-3H3/b19-16-,20-17-,21-18-,28-25-,29-26-,30-27-,37-34-. The lowest BCUT2D eigenvalue weighted by atomic mass is 10.1. The molecule has 0 heterocycles. The van der Waals surface area contributed by atoms with Gasteiger partial charge >= 0.3 is 17.9 Å². The van der Waals surface area contributed by atoms with Gasteiger partial charge in [-0.1, -0.05) is 260 Å². The minimum atomic E-state index is -0.788. The number of ether oxygens (including phenoxy) is 3. The maximum atomic E-state index is 12.9. The summed E-state index contributed by atoms with van der Waals surface area (Å²) < 4.78 is 16.9. The van der Waals surface area contributed by atoms with E-state index >= 15 is 0 Å². The van der Waals surface area contributed by atoms with Crippen molar-refractivity contribution >= 4 is 17.9 Å². The summed E-state index contributed by atoms with van der Waals surface area (Å²) in [7, 11) is 0. The summed E-state index contributed by atoms with van der Waals surface area (Å²) in [6, 6.07) is 0. The van der Waals surface area contributed by atoms with Crippen molar-refractivity contribution in [2.45, 2.75) is 322 Å². The van der Waals surface area contributed by atoms with E-state index in [4.69, 9.17) is 14.2 Å². The Balaban J connectivity index is 4.41. The van der Waals surface area contributed by atoms with Crippen LogP contribution in [0.15, 0.2) is 85.1 Å². The van der Waals surface area contributed by atoms with Crippen molar-refractivity contribution in [2.24, 2.45) is 0 Å². The fourth-order valence-corrected chi connectivity index (χ4v) is 8.98. The lowest BCUT2D eigenvalue weighted by Gasteiger charge is -2.18. The number of allylic oxidation sites excluding steroid dienone is 14. The molecule has 0 bridgehead atoms. The first-order chi connectivity index (χ1) is 37.0. The Hall–Kier alpha value is -3.41. The SMILES string of the molecule is CCCCC/C=C\C/C=C\C/C=C\CCCCCCCCC(=O)OCC(COC(=O)CCCCCCCCCCC/C=C\C/C=C\CCCCC)OC(=O)CCCCCCCCCCC/C=C\C/C=C\CCCCC. The lowest BCUT2D eigenvalue weighted by Crippen LogP contribution is -2.30. The topological polar surface area (TPSA) is 78.9 Å². The molecule has 6 nitrogen and oxygen atoms in total. The van der Waals surface area contributed by atoms with E-state index in [1.54, 1.807) is 0 Å². The van der Waals surface area contributed by atoms with Crippen LogP contribution in [0, 0.1) is 0 Å². The maximum Gasteiger partial charge on any atom is 0.306 e. The summed E-state index contributed by atoms with van der Waals surface area (Å²) in [6.45, 7) is 6.58. The monoisotopic (exact) mass is 1040 g/mol. The lowest BCUT2D eigenvalue weighted by molar-refractivity contribution is -0.167. The van der Waals surface area contributed by atoms with Crippen molar-refractivity contribution in [3.8, 4) is 0 Å². The van der Waals surface area contributed by atoms with Crippen LogP contribution in [0.4, 0.5) is 0 Å². The molecular formula is C69H120O6. The number of hydrogen-bond donors (Lipinski definition) is 0. The second-order valence-corrected chi connectivity index (χ2v) is 21.3. The first-order valence-corrected chi connectivity index (χ1v) is 32.1. The van der Waals surface area contributed by atoms with Crippen LogP contribution in [-0.2, 0) is 28.6 Å². The van der Waals surface area contributed by atoms with Crippen molar-refractivity contribution in [2.75, 3.05) is 13.2 Å². The Bertz CT molecular complexity index is 1430. The van der Waals surface area contributed by atoms with Crippen LogP contribution in [0.1, 0.15) is 316 Å². The van der Waals surface area contributed by atoms with E-state index in [1.807, 2.05) is 0 Å². The van der Waals surface area contributed by atoms with Crippen molar-refractivity contribution in [3.05, 3.63) is 85.1 Å². The zero-order valence-electron chi connectivity index (χ0n) is 49.6. The molecule has 0 spiro atoms. The zero-order valence-corrected chi connectivity index (χ0v) is 49.6. The van der Waals surface area contributed by atoms with E-state index in [-0.39, 0.29) is 31.1 Å². The van der Waals surface area contributed by atoms with Gasteiger partial charge in [-0.15, -0.1) is 0 Å². The van der Waals surface area contributed by atoms with Crippen LogP contribution < -0.4 is 0 Å². The summed E-state index contributed by atoms with van der Waals surface area (Å²) in [5.74, 6) is -0.893. The highest BCUT2D eigenvalue weighted by atomic mass is 16.6. The van der Waals surface area contributed by atoms with E-state index in [0.717, 1.165) is 89.9 Å². The van der Waals surface area contributed by atoms with Crippen LogP contribution in [0.5, 0.6) is 0 Å². The van der Waals surface area contributed by atoms with Crippen LogP contribution in [0.25, 0.3) is 0 Å². The second-order valence-electron chi connectivity index (χ2n) is 21.3. The molecule has 0 aromatic heterocycles. The second kappa shape index (κ2) is 63.1. The Morgan fingerprint density at radius 3 is 0.747 bits per heavy atom. The third-order valence-corrected chi connectivity index (χ3v) is 13.8. The molecule has 0 radical (unpaired) electrons. The molecule has 0 saturated heterocycles.